The van der Waals surface area contributed by atoms with Crippen LogP contribution in [-0.4, -0.2) is 25.4 Å². The van der Waals surface area contributed by atoms with Gasteiger partial charge in [-0.05, 0) is 55.7 Å². The standard InChI is InChI=1S/C17H21NO2/c18-11-13-1-3-14(4-2-13)15-5-7-16(8-6-15)19-10-9-17-12-20-17/h1-4,15-17H,5-10,12H2/t15-,16-,17?. The molecule has 1 heterocycles. The van der Waals surface area contributed by atoms with Crippen molar-refractivity contribution in [1.29, 1.82) is 5.26 Å². The van der Waals surface area contributed by atoms with E-state index in [-0.39, 0.29) is 0 Å². The van der Waals surface area contributed by atoms with Gasteiger partial charge in [0.2, 0.25) is 0 Å². The lowest BCUT2D eigenvalue weighted by Crippen LogP contribution is -2.21. The summed E-state index contributed by atoms with van der Waals surface area (Å²) in [7, 11) is 0. The molecule has 0 bridgehead atoms. The number of nitrogens with zero attached hydrogens (tertiary/aromatic N) is 1. The molecule has 3 heteroatoms. The summed E-state index contributed by atoms with van der Waals surface area (Å²) >= 11 is 0. The zero-order valence-electron chi connectivity index (χ0n) is 11.8. The van der Waals surface area contributed by atoms with E-state index >= 15 is 0 Å². The number of ether oxygens (including phenoxy) is 2. The fraction of sp³-hybridized carbons (Fsp3) is 0.588. The van der Waals surface area contributed by atoms with E-state index in [1.54, 1.807) is 0 Å². The van der Waals surface area contributed by atoms with E-state index in [1.807, 2.05) is 12.1 Å². The fourth-order valence-corrected chi connectivity index (χ4v) is 2.99. The Morgan fingerprint density at radius 2 is 1.85 bits per heavy atom. The van der Waals surface area contributed by atoms with Gasteiger partial charge in [0.05, 0.1) is 30.4 Å². The Bertz CT molecular complexity index is 465. The summed E-state index contributed by atoms with van der Waals surface area (Å²) in [4.78, 5) is 0. The van der Waals surface area contributed by atoms with Crippen LogP contribution in [0.2, 0.25) is 0 Å². The molecule has 1 unspecified atom stereocenters. The van der Waals surface area contributed by atoms with Gasteiger partial charge in [0.1, 0.15) is 0 Å². The van der Waals surface area contributed by atoms with E-state index in [0.29, 0.717) is 18.1 Å². The molecule has 1 atom stereocenters. The summed E-state index contributed by atoms with van der Waals surface area (Å²) in [6, 6.07) is 10.2. The minimum atomic E-state index is 0.434. The molecule has 20 heavy (non-hydrogen) atoms. The molecule has 2 fully saturated rings. The van der Waals surface area contributed by atoms with Crippen molar-refractivity contribution in [2.45, 2.75) is 50.2 Å². The quantitative estimate of drug-likeness (QED) is 0.771. The third-order valence-corrected chi connectivity index (χ3v) is 4.38. The topological polar surface area (TPSA) is 45.5 Å². The van der Waals surface area contributed by atoms with Crippen LogP contribution in [-0.2, 0) is 9.47 Å². The van der Waals surface area contributed by atoms with Crippen LogP contribution in [0.4, 0.5) is 0 Å². The molecule has 3 nitrogen and oxygen atoms in total. The zero-order chi connectivity index (χ0) is 13.8. The van der Waals surface area contributed by atoms with Gasteiger partial charge in [0.25, 0.3) is 0 Å². The average Bonchev–Trinajstić information content (AvgIpc) is 3.32. The molecular weight excluding hydrogens is 250 g/mol. The van der Waals surface area contributed by atoms with Gasteiger partial charge in [-0.2, -0.15) is 5.26 Å². The number of benzene rings is 1. The summed E-state index contributed by atoms with van der Waals surface area (Å²) in [6.07, 6.45) is 6.64. The lowest BCUT2D eigenvalue weighted by molar-refractivity contribution is 0.0210. The van der Waals surface area contributed by atoms with Gasteiger partial charge in [-0.25, -0.2) is 0 Å². The molecule has 0 aromatic heterocycles. The largest absolute Gasteiger partial charge is 0.378 e. The molecule has 1 aromatic rings. The van der Waals surface area contributed by atoms with E-state index in [1.165, 1.54) is 18.4 Å². The molecule has 0 amide bonds. The van der Waals surface area contributed by atoms with Gasteiger partial charge in [0.15, 0.2) is 0 Å². The summed E-state index contributed by atoms with van der Waals surface area (Å²) in [5.41, 5.74) is 2.11. The molecule has 2 aliphatic rings. The van der Waals surface area contributed by atoms with Crippen molar-refractivity contribution in [3.63, 3.8) is 0 Å². The number of epoxide rings is 1. The van der Waals surface area contributed by atoms with E-state index in [9.17, 15) is 0 Å². The Kier molecular flexibility index (Phi) is 4.34. The summed E-state index contributed by atoms with van der Waals surface area (Å²) in [6.45, 7) is 1.77. The van der Waals surface area contributed by atoms with Crippen molar-refractivity contribution >= 4 is 0 Å². The van der Waals surface area contributed by atoms with Crippen molar-refractivity contribution in [1.82, 2.24) is 0 Å². The molecule has 3 rings (SSSR count). The number of rotatable bonds is 5. The van der Waals surface area contributed by atoms with Crippen LogP contribution < -0.4 is 0 Å². The van der Waals surface area contributed by atoms with Crippen molar-refractivity contribution in [3.05, 3.63) is 35.4 Å². The van der Waals surface area contributed by atoms with Crippen molar-refractivity contribution < 1.29 is 9.47 Å². The highest BCUT2D eigenvalue weighted by molar-refractivity contribution is 5.33. The highest BCUT2D eigenvalue weighted by Crippen LogP contribution is 2.34. The molecule has 1 saturated carbocycles. The monoisotopic (exact) mass is 271 g/mol. The Labute approximate surface area is 120 Å². The zero-order valence-corrected chi connectivity index (χ0v) is 11.8. The Morgan fingerprint density at radius 1 is 1.15 bits per heavy atom. The first-order chi connectivity index (χ1) is 9.85. The maximum atomic E-state index is 8.82. The van der Waals surface area contributed by atoms with Crippen LogP contribution in [0.15, 0.2) is 24.3 Å². The van der Waals surface area contributed by atoms with E-state index in [2.05, 4.69) is 18.2 Å². The Morgan fingerprint density at radius 3 is 2.45 bits per heavy atom. The molecule has 1 aliphatic heterocycles. The first-order valence-electron chi connectivity index (χ1n) is 7.58. The first kappa shape index (κ1) is 13.6. The second kappa shape index (κ2) is 6.39. The predicted molar refractivity (Wildman–Crippen MR) is 76.5 cm³/mol. The fourth-order valence-electron chi connectivity index (χ4n) is 2.99. The van der Waals surface area contributed by atoms with Crippen LogP contribution >= 0.6 is 0 Å². The van der Waals surface area contributed by atoms with Gasteiger partial charge >= 0.3 is 0 Å². The number of hydrogen-bond acceptors (Lipinski definition) is 3. The van der Waals surface area contributed by atoms with Gasteiger partial charge in [-0.1, -0.05) is 12.1 Å². The van der Waals surface area contributed by atoms with Crippen molar-refractivity contribution in [2.75, 3.05) is 13.2 Å². The highest BCUT2D eigenvalue weighted by atomic mass is 16.6. The SMILES string of the molecule is N#Cc1ccc([C@H]2CC[C@H](OCCC3CO3)CC2)cc1. The van der Waals surface area contributed by atoms with Crippen molar-refractivity contribution in [3.8, 4) is 6.07 Å². The molecule has 0 N–H and O–H groups in total. The molecule has 0 spiro atoms. The Hall–Kier alpha value is -1.37. The average molecular weight is 271 g/mol. The molecule has 1 aromatic carbocycles. The third kappa shape index (κ3) is 3.59. The summed E-state index contributed by atoms with van der Waals surface area (Å²) in [5.74, 6) is 0.634. The lowest BCUT2D eigenvalue weighted by Gasteiger charge is -2.28. The molecule has 1 aliphatic carbocycles. The van der Waals surface area contributed by atoms with Crippen LogP contribution in [0.1, 0.15) is 49.1 Å². The van der Waals surface area contributed by atoms with E-state index < -0.39 is 0 Å². The van der Waals surface area contributed by atoms with Crippen LogP contribution in [0.25, 0.3) is 0 Å². The minimum absolute atomic E-state index is 0.434. The molecule has 1 saturated heterocycles. The van der Waals surface area contributed by atoms with Crippen LogP contribution in [0.3, 0.4) is 0 Å². The number of hydrogen-bond donors (Lipinski definition) is 0. The van der Waals surface area contributed by atoms with Crippen LogP contribution in [0.5, 0.6) is 0 Å². The maximum absolute atomic E-state index is 8.82. The summed E-state index contributed by atoms with van der Waals surface area (Å²) < 4.78 is 11.1. The van der Waals surface area contributed by atoms with Gasteiger partial charge in [-0.15, -0.1) is 0 Å². The second-order valence-corrected chi connectivity index (χ2v) is 5.82. The minimum Gasteiger partial charge on any atom is -0.378 e. The van der Waals surface area contributed by atoms with E-state index in [4.69, 9.17) is 14.7 Å². The van der Waals surface area contributed by atoms with Gasteiger partial charge in [0, 0.05) is 6.61 Å². The van der Waals surface area contributed by atoms with Crippen LogP contribution in [0, 0.1) is 11.3 Å². The van der Waals surface area contributed by atoms with Gasteiger partial charge < -0.3 is 9.47 Å². The van der Waals surface area contributed by atoms with Gasteiger partial charge in [-0.3, -0.25) is 0 Å². The second-order valence-electron chi connectivity index (χ2n) is 5.82. The van der Waals surface area contributed by atoms with Crippen molar-refractivity contribution in [2.24, 2.45) is 0 Å². The third-order valence-electron chi connectivity index (χ3n) is 4.38. The Balaban J connectivity index is 1.43. The highest BCUT2D eigenvalue weighted by Gasteiger charge is 2.25. The summed E-state index contributed by atoms with van der Waals surface area (Å²) in [5, 5.41) is 8.82. The molecular formula is C17H21NO2. The lowest BCUT2D eigenvalue weighted by atomic mass is 9.82. The smallest absolute Gasteiger partial charge is 0.0991 e. The first-order valence-corrected chi connectivity index (χ1v) is 7.58. The molecule has 106 valence electrons. The van der Waals surface area contributed by atoms with E-state index in [0.717, 1.165) is 38.0 Å². The predicted octanol–water partition coefficient (Wildman–Crippen LogP) is 3.39. The normalized spacial score (nSPS) is 28.9. The molecule has 0 radical (unpaired) electrons. The maximum Gasteiger partial charge on any atom is 0.0991 e. The number of nitriles is 1.